The molecule has 1 atom stereocenters. The number of nitrogens with zero attached hydrogens (tertiary/aromatic N) is 4. The summed E-state index contributed by atoms with van der Waals surface area (Å²) in [5.41, 5.74) is 1.73. The van der Waals surface area contributed by atoms with E-state index in [4.69, 9.17) is 0 Å². The van der Waals surface area contributed by atoms with Crippen LogP contribution >= 0.6 is 11.8 Å². The topological polar surface area (TPSA) is 60.2 Å². The second-order valence-electron chi connectivity index (χ2n) is 4.83. The molecule has 7 heteroatoms. The van der Waals surface area contributed by atoms with Gasteiger partial charge in [-0.2, -0.15) is 0 Å². The number of benzene rings is 1. The fraction of sp³-hybridized carbons (Fsp3) is 0.267. The van der Waals surface area contributed by atoms with Gasteiger partial charge in [0.05, 0.1) is 10.8 Å². The van der Waals surface area contributed by atoms with Gasteiger partial charge in [-0.05, 0) is 26.0 Å². The molecule has 0 N–H and O–H groups in total. The van der Waals surface area contributed by atoms with E-state index in [1.54, 1.807) is 11.8 Å². The van der Waals surface area contributed by atoms with Crippen LogP contribution in [0.2, 0.25) is 0 Å². The lowest BCUT2D eigenvalue weighted by atomic mass is 10.4. The molecule has 0 saturated carbocycles. The summed E-state index contributed by atoms with van der Waals surface area (Å²) in [7, 11) is -0.982. The van der Waals surface area contributed by atoms with Crippen LogP contribution in [-0.2, 0) is 10.8 Å². The van der Waals surface area contributed by atoms with Crippen LogP contribution in [0.25, 0.3) is 5.65 Å². The first-order chi connectivity index (χ1) is 10.6. The summed E-state index contributed by atoms with van der Waals surface area (Å²) in [5, 5.41) is 9.17. The average Bonchev–Trinajstić information content (AvgIpc) is 2.91. The van der Waals surface area contributed by atoms with Crippen LogP contribution in [-0.4, -0.2) is 35.3 Å². The van der Waals surface area contributed by atoms with Crippen LogP contribution in [0.1, 0.15) is 11.5 Å². The van der Waals surface area contributed by atoms with E-state index in [1.165, 1.54) is 0 Å². The molecule has 0 aliphatic carbocycles. The number of thioether (sulfide) groups is 1. The molecule has 0 aliphatic heterocycles. The molecule has 1 aromatic carbocycles. The maximum absolute atomic E-state index is 12.2. The highest BCUT2D eigenvalue weighted by molar-refractivity contribution is 8.00. The van der Waals surface area contributed by atoms with Gasteiger partial charge in [-0.1, -0.05) is 30.0 Å². The van der Waals surface area contributed by atoms with E-state index in [0.29, 0.717) is 5.75 Å². The van der Waals surface area contributed by atoms with Crippen LogP contribution in [0.15, 0.2) is 46.5 Å². The fourth-order valence-corrected chi connectivity index (χ4v) is 4.47. The molecule has 3 aromatic rings. The van der Waals surface area contributed by atoms with E-state index in [-0.39, 0.29) is 0 Å². The Morgan fingerprint density at radius 2 is 1.95 bits per heavy atom. The maximum atomic E-state index is 12.2. The standard InChI is InChI=1S/C15H16N4OS2/c1-11-10-14-17-18-15(19(14)12(2)16-11)21-8-9-22(20)13-6-4-3-5-7-13/h3-7,10H,8-9H2,1-2H3. The SMILES string of the molecule is Cc1cc2nnc(SCCS(=O)c3ccccc3)n2c(C)n1. The summed E-state index contributed by atoms with van der Waals surface area (Å²) in [4.78, 5) is 5.30. The van der Waals surface area contributed by atoms with Crippen molar-refractivity contribution in [3.05, 3.63) is 47.9 Å². The first-order valence-corrected chi connectivity index (χ1v) is 9.21. The van der Waals surface area contributed by atoms with Crippen LogP contribution in [0.4, 0.5) is 0 Å². The van der Waals surface area contributed by atoms with Gasteiger partial charge in [-0.25, -0.2) is 4.98 Å². The molecular weight excluding hydrogens is 316 g/mol. The van der Waals surface area contributed by atoms with Gasteiger partial charge >= 0.3 is 0 Å². The highest BCUT2D eigenvalue weighted by atomic mass is 32.2. The number of aromatic nitrogens is 4. The molecule has 0 bridgehead atoms. The average molecular weight is 332 g/mol. The molecule has 0 aliphatic rings. The van der Waals surface area contributed by atoms with Gasteiger partial charge in [0.15, 0.2) is 10.8 Å². The zero-order chi connectivity index (χ0) is 15.5. The van der Waals surface area contributed by atoms with E-state index >= 15 is 0 Å². The minimum atomic E-state index is -0.982. The summed E-state index contributed by atoms with van der Waals surface area (Å²) < 4.78 is 14.1. The number of hydrogen-bond acceptors (Lipinski definition) is 5. The van der Waals surface area contributed by atoms with Gasteiger partial charge in [0, 0.05) is 28.2 Å². The zero-order valence-electron chi connectivity index (χ0n) is 12.4. The van der Waals surface area contributed by atoms with Crippen LogP contribution in [0, 0.1) is 13.8 Å². The molecule has 114 valence electrons. The monoisotopic (exact) mass is 332 g/mol. The molecule has 0 radical (unpaired) electrons. The van der Waals surface area contributed by atoms with E-state index in [2.05, 4.69) is 15.2 Å². The molecule has 1 unspecified atom stereocenters. The molecule has 0 saturated heterocycles. The summed E-state index contributed by atoms with van der Waals surface area (Å²) in [6.45, 7) is 3.88. The van der Waals surface area contributed by atoms with Crippen molar-refractivity contribution in [2.24, 2.45) is 0 Å². The summed E-state index contributed by atoms with van der Waals surface area (Å²) in [6.07, 6.45) is 0. The Labute approximate surface area is 135 Å². The third kappa shape index (κ3) is 3.20. The fourth-order valence-electron chi connectivity index (χ4n) is 2.20. The smallest absolute Gasteiger partial charge is 0.197 e. The lowest BCUT2D eigenvalue weighted by molar-refractivity contribution is 0.684. The third-order valence-electron chi connectivity index (χ3n) is 3.16. The van der Waals surface area contributed by atoms with E-state index < -0.39 is 10.8 Å². The number of hydrogen-bond donors (Lipinski definition) is 0. The predicted octanol–water partition coefficient (Wildman–Crippen LogP) is 2.64. The second kappa shape index (κ2) is 6.58. The summed E-state index contributed by atoms with van der Waals surface area (Å²) >= 11 is 1.56. The largest absolute Gasteiger partial charge is 0.258 e. The van der Waals surface area contributed by atoms with E-state index in [1.807, 2.05) is 54.6 Å². The first kappa shape index (κ1) is 15.2. The van der Waals surface area contributed by atoms with Crippen LogP contribution < -0.4 is 0 Å². The summed E-state index contributed by atoms with van der Waals surface area (Å²) in [6, 6.07) is 11.4. The highest BCUT2D eigenvalue weighted by Crippen LogP contribution is 2.19. The van der Waals surface area contributed by atoms with Gasteiger partial charge < -0.3 is 0 Å². The highest BCUT2D eigenvalue weighted by Gasteiger charge is 2.11. The molecule has 5 nitrogen and oxygen atoms in total. The predicted molar refractivity (Wildman–Crippen MR) is 88.7 cm³/mol. The molecule has 0 fully saturated rings. The van der Waals surface area contributed by atoms with Crippen molar-refractivity contribution in [3.8, 4) is 0 Å². The summed E-state index contributed by atoms with van der Waals surface area (Å²) in [5.74, 6) is 2.17. The van der Waals surface area contributed by atoms with Crippen LogP contribution in [0.5, 0.6) is 0 Å². The zero-order valence-corrected chi connectivity index (χ0v) is 14.0. The van der Waals surface area contributed by atoms with Gasteiger partial charge in [0.25, 0.3) is 0 Å². The molecule has 0 amide bonds. The normalized spacial score (nSPS) is 12.6. The van der Waals surface area contributed by atoms with Crippen molar-refractivity contribution in [3.63, 3.8) is 0 Å². The van der Waals surface area contributed by atoms with Gasteiger partial charge in [-0.15, -0.1) is 10.2 Å². The van der Waals surface area contributed by atoms with Gasteiger partial charge in [-0.3, -0.25) is 8.61 Å². The Morgan fingerprint density at radius 1 is 1.18 bits per heavy atom. The molecular formula is C15H16N4OS2. The van der Waals surface area contributed by atoms with Crippen molar-refractivity contribution in [1.82, 2.24) is 19.6 Å². The molecule has 22 heavy (non-hydrogen) atoms. The van der Waals surface area contributed by atoms with E-state index in [0.717, 1.165) is 33.0 Å². The Hall–Kier alpha value is -1.73. The van der Waals surface area contributed by atoms with Gasteiger partial charge in [0.2, 0.25) is 0 Å². The minimum Gasteiger partial charge on any atom is -0.258 e. The molecule has 2 heterocycles. The van der Waals surface area contributed by atoms with Gasteiger partial charge in [0.1, 0.15) is 5.82 Å². The second-order valence-corrected chi connectivity index (χ2v) is 7.46. The Morgan fingerprint density at radius 3 is 2.73 bits per heavy atom. The van der Waals surface area contributed by atoms with Crippen molar-refractivity contribution in [2.75, 3.05) is 11.5 Å². The quantitative estimate of drug-likeness (QED) is 0.672. The Bertz CT molecular complexity index is 817. The number of rotatable bonds is 5. The number of fused-ring (bicyclic) bond motifs is 1. The Balaban J connectivity index is 1.69. The van der Waals surface area contributed by atoms with Crippen molar-refractivity contribution >= 4 is 28.2 Å². The molecule has 3 rings (SSSR count). The van der Waals surface area contributed by atoms with Crippen LogP contribution in [0.3, 0.4) is 0 Å². The third-order valence-corrected chi connectivity index (χ3v) is 5.73. The lowest BCUT2D eigenvalue weighted by Crippen LogP contribution is -2.02. The maximum Gasteiger partial charge on any atom is 0.197 e. The lowest BCUT2D eigenvalue weighted by Gasteiger charge is -2.04. The minimum absolute atomic E-state index is 0.585. The Kier molecular flexibility index (Phi) is 4.54. The van der Waals surface area contributed by atoms with E-state index in [9.17, 15) is 4.21 Å². The molecule has 0 spiro atoms. The number of aryl methyl sites for hydroxylation is 2. The van der Waals surface area contributed by atoms with Crippen molar-refractivity contribution in [1.29, 1.82) is 0 Å². The van der Waals surface area contributed by atoms with Crippen molar-refractivity contribution in [2.45, 2.75) is 23.9 Å². The van der Waals surface area contributed by atoms with Crippen molar-refractivity contribution < 1.29 is 4.21 Å². The molecule has 2 aromatic heterocycles. The first-order valence-electron chi connectivity index (χ1n) is 6.91.